The molecule has 3 rings (SSSR count). The van der Waals surface area contributed by atoms with Crippen LogP contribution in [0.15, 0.2) is 48.5 Å². The van der Waals surface area contributed by atoms with Crippen LogP contribution in [-0.4, -0.2) is 87.8 Å². The Balaban J connectivity index is 1.55. The van der Waals surface area contributed by atoms with Gasteiger partial charge in [-0.3, -0.25) is 4.79 Å². The van der Waals surface area contributed by atoms with Gasteiger partial charge in [0.15, 0.2) is 6.29 Å². The molecule has 1 aliphatic heterocycles. The molecule has 0 saturated carbocycles. The maximum absolute atomic E-state index is 12.5. The first kappa shape index (κ1) is 29.1. The van der Waals surface area contributed by atoms with Crippen molar-refractivity contribution in [3.63, 3.8) is 0 Å². The number of amides is 1. The molecule has 0 bridgehead atoms. The minimum atomic E-state index is -0.421. The topological polar surface area (TPSA) is 71.5 Å². The molecule has 1 N–H and O–H groups in total. The molecule has 0 atom stereocenters. The molecule has 1 heterocycles. The summed E-state index contributed by atoms with van der Waals surface area (Å²) in [5.41, 5.74) is 3.32. The van der Waals surface area contributed by atoms with E-state index in [-0.39, 0.29) is 11.3 Å². The number of methoxy groups -OCH3 is 2. The van der Waals surface area contributed by atoms with Gasteiger partial charge in [0.05, 0.1) is 19.6 Å². The smallest absolute Gasteiger partial charge is 0.225 e. The Morgan fingerprint density at radius 3 is 2.43 bits per heavy atom. The number of phenols is 1. The highest BCUT2D eigenvalue weighted by Crippen LogP contribution is 2.45. The summed E-state index contributed by atoms with van der Waals surface area (Å²) in [6.07, 6.45) is 3.59. The quantitative estimate of drug-likeness (QED) is 0.302. The van der Waals surface area contributed by atoms with Gasteiger partial charge >= 0.3 is 0 Å². The number of likely N-dealkylation sites (tertiary alicyclic amines) is 1. The first-order valence-electron chi connectivity index (χ1n) is 13.4. The van der Waals surface area contributed by atoms with Crippen molar-refractivity contribution < 1.29 is 24.1 Å². The standard InChI is InChI=1S/C30H44N2O5/c1-5-32(23-29(35-3)36-4)28(34)15-21-37-20-9-10-24-13-14-27(33)26(22-24)30(16-18-31(2)19-17-30)25-11-7-6-8-12-25/h6-8,11-14,22,29,33H,5,9-10,15-21,23H2,1-4H3. The van der Waals surface area contributed by atoms with E-state index in [0.29, 0.717) is 38.5 Å². The summed E-state index contributed by atoms with van der Waals surface area (Å²) in [7, 11) is 5.30. The van der Waals surface area contributed by atoms with Crippen molar-refractivity contribution in [3.05, 3.63) is 65.2 Å². The molecular weight excluding hydrogens is 468 g/mol. The van der Waals surface area contributed by atoms with Crippen molar-refractivity contribution in [2.24, 2.45) is 0 Å². The van der Waals surface area contributed by atoms with Gasteiger partial charge in [-0.1, -0.05) is 42.5 Å². The monoisotopic (exact) mass is 512 g/mol. The minimum absolute atomic E-state index is 0.0362. The summed E-state index contributed by atoms with van der Waals surface area (Å²) in [5, 5.41) is 10.9. The highest BCUT2D eigenvalue weighted by molar-refractivity contribution is 5.76. The number of aryl methyl sites for hydroxylation is 1. The molecule has 0 spiro atoms. The maximum atomic E-state index is 12.5. The zero-order valence-corrected chi connectivity index (χ0v) is 22.9. The number of nitrogens with zero attached hydrogens (tertiary/aromatic N) is 2. The molecular formula is C30H44N2O5. The Bertz CT molecular complexity index is 956. The highest BCUT2D eigenvalue weighted by atomic mass is 16.7. The highest BCUT2D eigenvalue weighted by Gasteiger charge is 2.39. The third-order valence-electron chi connectivity index (χ3n) is 7.59. The van der Waals surface area contributed by atoms with Crippen molar-refractivity contribution >= 4 is 5.91 Å². The van der Waals surface area contributed by atoms with Crippen LogP contribution in [0.4, 0.5) is 0 Å². The number of carbonyl (C=O) groups is 1. The molecule has 1 amide bonds. The summed E-state index contributed by atoms with van der Waals surface area (Å²) < 4.78 is 16.2. The summed E-state index contributed by atoms with van der Waals surface area (Å²) in [6, 6.07) is 16.7. The lowest BCUT2D eigenvalue weighted by molar-refractivity contribution is -0.145. The van der Waals surface area contributed by atoms with Crippen LogP contribution in [-0.2, 0) is 30.8 Å². The summed E-state index contributed by atoms with van der Waals surface area (Å²) in [5.74, 6) is 0.408. The van der Waals surface area contributed by atoms with Crippen molar-refractivity contribution in [2.75, 3.05) is 60.7 Å². The lowest BCUT2D eigenvalue weighted by atomic mass is 9.67. The molecule has 0 radical (unpaired) electrons. The molecule has 37 heavy (non-hydrogen) atoms. The third kappa shape index (κ3) is 7.77. The van der Waals surface area contributed by atoms with Crippen LogP contribution >= 0.6 is 0 Å². The van der Waals surface area contributed by atoms with Crippen LogP contribution < -0.4 is 0 Å². The van der Waals surface area contributed by atoms with E-state index in [1.165, 1.54) is 11.1 Å². The fraction of sp³-hybridized carbons (Fsp3) is 0.567. The Labute approximate surface area is 222 Å². The molecule has 204 valence electrons. The fourth-order valence-electron chi connectivity index (χ4n) is 5.22. The van der Waals surface area contributed by atoms with Gasteiger partial charge in [-0.15, -0.1) is 0 Å². The first-order valence-corrected chi connectivity index (χ1v) is 13.4. The predicted molar refractivity (Wildman–Crippen MR) is 146 cm³/mol. The summed E-state index contributed by atoms with van der Waals surface area (Å²) >= 11 is 0. The molecule has 0 aromatic heterocycles. The molecule has 1 saturated heterocycles. The number of ether oxygens (including phenoxy) is 3. The Morgan fingerprint density at radius 1 is 1.08 bits per heavy atom. The van der Waals surface area contributed by atoms with Gasteiger partial charge in [0.25, 0.3) is 0 Å². The number of phenolic OH excluding ortho intramolecular Hbond substituents is 1. The number of hydrogen-bond donors (Lipinski definition) is 1. The van der Waals surface area contributed by atoms with E-state index in [2.05, 4.69) is 42.3 Å². The van der Waals surface area contributed by atoms with Crippen molar-refractivity contribution in [3.8, 4) is 5.75 Å². The molecule has 0 aliphatic carbocycles. The van der Waals surface area contributed by atoms with E-state index >= 15 is 0 Å². The second-order valence-electron chi connectivity index (χ2n) is 9.90. The number of aromatic hydroxyl groups is 1. The van der Waals surface area contributed by atoms with Crippen LogP contribution in [0.1, 0.15) is 49.3 Å². The predicted octanol–water partition coefficient (Wildman–Crippen LogP) is 4.21. The van der Waals surface area contributed by atoms with Crippen molar-refractivity contribution in [1.82, 2.24) is 9.80 Å². The van der Waals surface area contributed by atoms with Gasteiger partial charge in [0.1, 0.15) is 5.75 Å². The van der Waals surface area contributed by atoms with Crippen LogP contribution in [0, 0.1) is 0 Å². The molecule has 2 aromatic carbocycles. The second-order valence-corrected chi connectivity index (χ2v) is 9.90. The molecule has 7 heteroatoms. The van der Waals surface area contributed by atoms with Gasteiger partial charge in [-0.2, -0.15) is 0 Å². The van der Waals surface area contributed by atoms with Gasteiger partial charge in [-0.05, 0) is 69.9 Å². The fourth-order valence-corrected chi connectivity index (χ4v) is 5.22. The largest absolute Gasteiger partial charge is 0.508 e. The molecule has 1 fully saturated rings. The number of piperidine rings is 1. The van der Waals surface area contributed by atoms with Gasteiger partial charge < -0.3 is 29.1 Å². The number of carbonyl (C=O) groups excluding carboxylic acids is 1. The van der Waals surface area contributed by atoms with Gasteiger partial charge in [-0.25, -0.2) is 0 Å². The van der Waals surface area contributed by atoms with Crippen LogP contribution in [0.5, 0.6) is 5.75 Å². The van der Waals surface area contributed by atoms with Crippen molar-refractivity contribution in [1.29, 1.82) is 0 Å². The van der Waals surface area contributed by atoms with E-state index in [1.54, 1.807) is 19.1 Å². The van der Waals surface area contributed by atoms with E-state index in [0.717, 1.165) is 44.3 Å². The number of rotatable bonds is 14. The number of likely N-dealkylation sites (N-methyl/N-ethyl adjacent to an activating group) is 1. The average molecular weight is 513 g/mol. The van der Waals surface area contributed by atoms with Crippen molar-refractivity contribution in [2.45, 2.75) is 50.7 Å². The SMILES string of the molecule is CCN(CC(OC)OC)C(=O)CCOCCCc1ccc(O)c(C2(c3ccccc3)CCN(C)CC2)c1. The first-order chi connectivity index (χ1) is 17.9. The lowest BCUT2D eigenvalue weighted by Gasteiger charge is -2.42. The molecule has 1 aliphatic rings. The molecule has 2 aromatic rings. The Hall–Kier alpha value is -2.45. The van der Waals surface area contributed by atoms with Gasteiger partial charge in [0.2, 0.25) is 5.91 Å². The number of hydrogen-bond acceptors (Lipinski definition) is 6. The van der Waals surface area contributed by atoms with E-state index in [4.69, 9.17) is 14.2 Å². The maximum Gasteiger partial charge on any atom is 0.225 e. The molecule has 0 unspecified atom stereocenters. The Kier molecular flexibility index (Phi) is 11.4. The second kappa shape index (κ2) is 14.5. The molecule has 7 nitrogen and oxygen atoms in total. The van der Waals surface area contributed by atoms with Gasteiger partial charge in [0, 0.05) is 38.3 Å². The zero-order valence-electron chi connectivity index (χ0n) is 22.9. The Morgan fingerprint density at radius 2 is 1.78 bits per heavy atom. The van der Waals surface area contributed by atoms with Crippen LogP contribution in [0.3, 0.4) is 0 Å². The van der Waals surface area contributed by atoms with Crippen LogP contribution in [0.25, 0.3) is 0 Å². The average Bonchev–Trinajstić information content (AvgIpc) is 2.93. The van der Waals surface area contributed by atoms with E-state index in [9.17, 15) is 9.90 Å². The third-order valence-corrected chi connectivity index (χ3v) is 7.59. The normalized spacial score (nSPS) is 15.7. The zero-order chi connectivity index (χ0) is 26.7. The van der Waals surface area contributed by atoms with Crippen LogP contribution in [0.2, 0.25) is 0 Å². The number of benzene rings is 2. The van der Waals surface area contributed by atoms with E-state index in [1.807, 2.05) is 25.1 Å². The minimum Gasteiger partial charge on any atom is -0.508 e. The summed E-state index contributed by atoms with van der Waals surface area (Å²) in [6.45, 7) is 5.93. The van der Waals surface area contributed by atoms with E-state index < -0.39 is 6.29 Å². The lowest BCUT2D eigenvalue weighted by Crippen LogP contribution is -2.41. The summed E-state index contributed by atoms with van der Waals surface area (Å²) in [4.78, 5) is 16.6.